The van der Waals surface area contributed by atoms with Crippen LogP contribution in [0.2, 0.25) is 0 Å². The average Bonchev–Trinajstić information content (AvgIpc) is 2.82. The maximum absolute atomic E-state index is 12.8. The zero-order valence-electron chi connectivity index (χ0n) is 9.97. The van der Waals surface area contributed by atoms with Gasteiger partial charge in [0.05, 0.1) is 12.7 Å². The van der Waals surface area contributed by atoms with Gasteiger partial charge in [-0.05, 0) is 36.5 Å². The van der Waals surface area contributed by atoms with Gasteiger partial charge in [0, 0.05) is 12.1 Å². The van der Waals surface area contributed by atoms with E-state index in [9.17, 15) is 4.39 Å². The summed E-state index contributed by atoms with van der Waals surface area (Å²) in [5.41, 5.74) is 1.23. The minimum absolute atomic E-state index is 0.168. The maximum atomic E-state index is 12.8. The van der Waals surface area contributed by atoms with Gasteiger partial charge in [-0.1, -0.05) is 17.3 Å². The van der Waals surface area contributed by atoms with Crippen molar-refractivity contribution in [1.82, 2.24) is 10.5 Å². The molecule has 0 unspecified atom stereocenters. The lowest BCUT2D eigenvalue weighted by molar-refractivity contribution is 0.274. The average molecular weight is 246 g/mol. The minimum Gasteiger partial charge on any atom is -0.360 e. The summed E-state index contributed by atoms with van der Waals surface area (Å²) in [6.07, 6.45) is 3.85. The summed E-state index contributed by atoms with van der Waals surface area (Å²) >= 11 is 0. The van der Waals surface area contributed by atoms with E-state index in [4.69, 9.17) is 4.52 Å². The molecule has 2 aromatic rings. The highest BCUT2D eigenvalue weighted by Gasteiger charge is 2.29. The summed E-state index contributed by atoms with van der Waals surface area (Å²) < 4.78 is 17.8. The van der Waals surface area contributed by atoms with Gasteiger partial charge in [0.1, 0.15) is 11.6 Å². The van der Waals surface area contributed by atoms with E-state index in [2.05, 4.69) is 10.5 Å². The van der Waals surface area contributed by atoms with E-state index >= 15 is 0 Å². The van der Waals surface area contributed by atoms with Crippen LogP contribution in [-0.2, 0) is 6.54 Å². The molecule has 0 atom stereocenters. The first kappa shape index (κ1) is 11.4. The molecule has 1 fully saturated rings. The Labute approximate surface area is 105 Å². The summed E-state index contributed by atoms with van der Waals surface area (Å²) in [6, 6.07) is 9.21. The van der Waals surface area contributed by atoms with Crippen LogP contribution < -0.4 is 5.32 Å². The van der Waals surface area contributed by atoms with Crippen molar-refractivity contribution in [2.45, 2.75) is 31.3 Å². The van der Waals surface area contributed by atoms with Gasteiger partial charge >= 0.3 is 0 Å². The van der Waals surface area contributed by atoms with Crippen molar-refractivity contribution >= 4 is 0 Å². The lowest BCUT2D eigenvalue weighted by Crippen LogP contribution is -2.39. The first-order chi connectivity index (χ1) is 8.81. The fourth-order valence-electron chi connectivity index (χ4n) is 2.37. The predicted octanol–water partition coefficient (Wildman–Crippen LogP) is 2.85. The van der Waals surface area contributed by atoms with Gasteiger partial charge in [-0.2, -0.15) is 0 Å². The lowest BCUT2D eigenvalue weighted by Gasteiger charge is -2.36. The van der Waals surface area contributed by atoms with Gasteiger partial charge in [-0.15, -0.1) is 0 Å². The highest BCUT2D eigenvalue weighted by atomic mass is 19.1. The number of rotatable bonds is 4. The lowest BCUT2D eigenvalue weighted by atomic mass is 9.76. The van der Waals surface area contributed by atoms with Crippen LogP contribution in [0, 0.1) is 5.82 Å². The monoisotopic (exact) mass is 246 g/mol. The third kappa shape index (κ3) is 2.43. The molecule has 3 nitrogen and oxygen atoms in total. The zero-order valence-corrected chi connectivity index (χ0v) is 9.97. The Bertz CT molecular complexity index is 489. The Balaban J connectivity index is 1.47. The molecule has 18 heavy (non-hydrogen) atoms. The Hall–Kier alpha value is -1.68. The fraction of sp³-hybridized carbons (Fsp3) is 0.357. The van der Waals surface area contributed by atoms with Gasteiger partial charge in [0.2, 0.25) is 0 Å². The van der Waals surface area contributed by atoms with Crippen molar-refractivity contribution in [1.29, 1.82) is 0 Å². The normalized spacial score (nSPS) is 22.7. The molecule has 3 rings (SSSR count). The van der Waals surface area contributed by atoms with E-state index < -0.39 is 0 Å². The molecule has 0 bridgehead atoms. The molecule has 1 aromatic carbocycles. The summed E-state index contributed by atoms with van der Waals surface area (Å²) in [5.74, 6) is 1.25. The smallest absolute Gasteiger partial charge is 0.150 e. The quantitative estimate of drug-likeness (QED) is 0.901. The van der Waals surface area contributed by atoms with E-state index in [0.29, 0.717) is 12.0 Å². The maximum Gasteiger partial charge on any atom is 0.150 e. The highest BCUT2D eigenvalue weighted by Crippen LogP contribution is 2.36. The third-order valence-corrected chi connectivity index (χ3v) is 3.54. The van der Waals surface area contributed by atoms with Crippen molar-refractivity contribution in [3.8, 4) is 0 Å². The topological polar surface area (TPSA) is 38.1 Å². The molecule has 0 spiro atoms. The second-order valence-electron chi connectivity index (χ2n) is 4.78. The van der Waals surface area contributed by atoms with Crippen molar-refractivity contribution < 1.29 is 8.91 Å². The number of aromatic nitrogens is 1. The molecule has 0 aliphatic heterocycles. The van der Waals surface area contributed by atoms with E-state index in [1.54, 1.807) is 6.20 Å². The number of halogens is 1. The Morgan fingerprint density at radius 1 is 1.22 bits per heavy atom. The Morgan fingerprint density at radius 3 is 2.67 bits per heavy atom. The van der Waals surface area contributed by atoms with Crippen LogP contribution in [0.25, 0.3) is 0 Å². The molecule has 0 saturated heterocycles. The van der Waals surface area contributed by atoms with Crippen molar-refractivity contribution in [3.63, 3.8) is 0 Å². The fourth-order valence-corrected chi connectivity index (χ4v) is 2.37. The molecule has 0 amide bonds. The van der Waals surface area contributed by atoms with Gasteiger partial charge in [-0.3, -0.25) is 0 Å². The largest absolute Gasteiger partial charge is 0.360 e. The second kappa shape index (κ2) is 4.90. The molecular formula is C14H15FN2O. The first-order valence-electron chi connectivity index (χ1n) is 6.19. The molecule has 1 N–H and O–H groups in total. The summed E-state index contributed by atoms with van der Waals surface area (Å²) in [6.45, 7) is 0.723. The number of benzene rings is 1. The van der Waals surface area contributed by atoms with Crippen LogP contribution in [0.1, 0.15) is 30.1 Å². The van der Waals surface area contributed by atoms with Crippen LogP contribution in [0.15, 0.2) is 41.1 Å². The molecule has 1 heterocycles. The van der Waals surface area contributed by atoms with Crippen LogP contribution in [0.5, 0.6) is 0 Å². The number of hydrogen-bond donors (Lipinski definition) is 1. The van der Waals surface area contributed by atoms with Crippen LogP contribution in [0.4, 0.5) is 4.39 Å². The van der Waals surface area contributed by atoms with E-state index in [1.807, 2.05) is 18.2 Å². The molecule has 94 valence electrons. The summed E-state index contributed by atoms with van der Waals surface area (Å²) in [5, 5.41) is 7.09. The Kier molecular flexibility index (Phi) is 3.11. The van der Waals surface area contributed by atoms with E-state index in [0.717, 1.165) is 25.1 Å². The van der Waals surface area contributed by atoms with Gasteiger partial charge in [0.15, 0.2) is 0 Å². The van der Waals surface area contributed by atoms with Crippen LogP contribution in [-0.4, -0.2) is 11.2 Å². The first-order valence-corrected chi connectivity index (χ1v) is 6.19. The van der Waals surface area contributed by atoms with Crippen molar-refractivity contribution in [2.75, 3.05) is 0 Å². The second-order valence-corrected chi connectivity index (χ2v) is 4.78. The third-order valence-electron chi connectivity index (χ3n) is 3.54. The molecular weight excluding hydrogens is 231 g/mol. The Morgan fingerprint density at radius 2 is 2.00 bits per heavy atom. The van der Waals surface area contributed by atoms with Gasteiger partial charge in [0.25, 0.3) is 0 Å². The van der Waals surface area contributed by atoms with Crippen LogP contribution in [0.3, 0.4) is 0 Å². The van der Waals surface area contributed by atoms with Gasteiger partial charge in [-0.25, -0.2) is 4.39 Å². The minimum atomic E-state index is -0.168. The molecule has 0 radical (unpaired) electrons. The number of hydrogen-bond acceptors (Lipinski definition) is 3. The molecule has 1 aliphatic carbocycles. The molecule has 1 aliphatic rings. The van der Waals surface area contributed by atoms with E-state index in [-0.39, 0.29) is 5.82 Å². The molecule has 1 saturated carbocycles. The SMILES string of the molecule is Fc1ccc(C2CC(NCc3ccno3)C2)cc1. The van der Waals surface area contributed by atoms with E-state index in [1.165, 1.54) is 17.7 Å². The summed E-state index contributed by atoms with van der Waals surface area (Å²) in [7, 11) is 0. The molecule has 1 aromatic heterocycles. The van der Waals surface area contributed by atoms with Crippen molar-refractivity contribution in [2.24, 2.45) is 0 Å². The number of nitrogens with one attached hydrogen (secondary N) is 1. The van der Waals surface area contributed by atoms with Crippen LogP contribution >= 0.6 is 0 Å². The number of nitrogens with zero attached hydrogens (tertiary/aromatic N) is 1. The summed E-state index contributed by atoms with van der Waals surface area (Å²) in [4.78, 5) is 0. The highest BCUT2D eigenvalue weighted by molar-refractivity contribution is 5.23. The predicted molar refractivity (Wildman–Crippen MR) is 65.5 cm³/mol. The van der Waals surface area contributed by atoms with Crippen molar-refractivity contribution in [3.05, 3.63) is 53.7 Å². The molecule has 4 heteroatoms. The van der Waals surface area contributed by atoms with Gasteiger partial charge < -0.3 is 9.84 Å². The standard InChI is InChI=1S/C14H15FN2O/c15-12-3-1-10(2-4-12)11-7-13(8-11)16-9-14-5-6-17-18-14/h1-6,11,13,16H,7-9H2. The zero-order chi connectivity index (χ0) is 12.4.